The second-order valence-electron chi connectivity index (χ2n) is 11.8. The Morgan fingerprint density at radius 2 is 1.76 bits per heavy atom. The average Bonchev–Trinajstić information content (AvgIpc) is 2.95. The van der Waals surface area contributed by atoms with Crippen LogP contribution in [0.5, 0.6) is 0 Å². The molecule has 0 unspecified atom stereocenters. The topological polar surface area (TPSA) is 96.2 Å². The first kappa shape index (κ1) is 20.2. The van der Waals surface area contributed by atoms with Crippen molar-refractivity contribution in [2.24, 2.45) is 34.0 Å². The summed E-state index contributed by atoms with van der Waals surface area (Å²) in [7, 11) is 0. The number of carboxylic acids is 1. The second kappa shape index (κ2) is 5.76. The largest absolute Gasteiger partial charge is 0.479 e. The van der Waals surface area contributed by atoms with Crippen molar-refractivity contribution in [3.63, 3.8) is 0 Å². The molecule has 0 amide bonds. The minimum absolute atomic E-state index is 0.00973. The summed E-state index contributed by atoms with van der Waals surface area (Å²) >= 11 is 0. The van der Waals surface area contributed by atoms with Crippen LogP contribution >= 0.6 is 0 Å². The van der Waals surface area contributed by atoms with Gasteiger partial charge < -0.3 is 24.8 Å². The lowest BCUT2D eigenvalue weighted by Crippen LogP contribution is -2.69. The molecule has 5 rings (SSSR count). The molecule has 1 saturated heterocycles. The second-order valence-corrected chi connectivity index (χ2v) is 11.8. The maximum absolute atomic E-state index is 11.9. The van der Waals surface area contributed by atoms with E-state index in [1.165, 1.54) is 0 Å². The van der Waals surface area contributed by atoms with Gasteiger partial charge in [0, 0.05) is 11.3 Å². The summed E-state index contributed by atoms with van der Waals surface area (Å²) < 4.78 is 12.5. The number of aliphatic hydroxyl groups is 2. The van der Waals surface area contributed by atoms with Crippen molar-refractivity contribution in [3.05, 3.63) is 0 Å². The van der Waals surface area contributed by atoms with Gasteiger partial charge in [-0.15, -0.1) is 0 Å². The number of carbonyl (C=O) groups is 1. The predicted octanol–water partition coefficient (Wildman–Crippen LogP) is 2.95. The first-order valence-electron chi connectivity index (χ1n) is 11.3. The molecule has 5 fully saturated rings. The molecule has 3 N–H and O–H groups in total. The fourth-order valence-electron chi connectivity index (χ4n) is 8.91. The van der Waals surface area contributed by atoms with Crippen molar-refractivity contribution in [2.75, 3.05) is 6.61 Å². The summed E-state index contributed by atoms with van der Waals surface area (Å²) in [6, 6.07) is 0. The fourth-order valence-corrected chi connectivity index (χ4v) is 8.91. The molecule has 0 aromatic heterocycles. The van der Waals surface area contributed by atoms with Crippen LogP contribution in [0.2, 0.25) is 0 Å². The van der Waals surface area contributed by atoms with Gasteiger partial charge >= 0.3 is 5.97 Å². The van der Waals surface area contributed by atoms with Crippen LogP contribution in [0.25, 0.3) is 0 Å². The van der Waals surface area contributed by atoms with Gasteiger partial charge in [-0.3, -0.25) is 0 Å². The van der Waals surface area contributed by atoms with E-state index in [2.05, 4.69) is 13.8 Å². The van der Waals surface area contributed by atoms with Gasteiger partial charge in [-0.25, -0.2) is 4.79 Å². The third kappa shape index (κ3) is 2.35. The SMILES string of the molecule is CC1(C)OC[C@]2(C)[C@@H](CC[C@@]3(C)[C@H]2[C@H](O)C[C@H]2C[C@@H]4C[C@@]23CC[C@]4(O)C(=O)O)O1. The van der Waals surface area contributed by atoms with E-state index in [1.807, 2.05) is 13.8 Å². The van der Waals surface area contributed by atoms with Crippen molar-refractivity contribution in [1.82, 2.24) is 0 Å². The van der Waals surface area contributed by atoms with Crippen LogP contribution in [0.1, 0.15) is 72.6 Å². The summed E-state index contributed by atoms with van der Waals surface area (Å²) in [5.41, 5.74) is -1.99. The van der Waals surface area contributed by atoms with E-state index in [-0.39, 0.29) is 40.1 Å². The molecule has 164 valence electrons. The number of aliphatic carboxylic acids is 1. The Bertz CT molecular complexity index is 737. The van der Waals surface area contributed by atoms with Crippen molar-refractivity contribution in [3.8, 4) is 0 Å². The number of fused-ring (bicyclic) bond motifs is 4. The van der Waals surface area contributed by atoms with Gasteiger partial charge in [0.1, 0.15) is 0 Å². The molecule has 5 aliphatic rings. The van der Waals surface area contributed by atoms with E-state index >= 15 is 0 Å². The van der Waals surface area contributed by atoms with Crippen LogP contribution in [-0.4, -0.2) is 51.5 Å². The number of hydrogen-bond acceptors (Lipinski definition) is 5. The Morgan fingerprint density at radius 3 is 2.45 bits per heavy atom. The predicted molar refractivity (Wildman–Crippen MR) is 105 cm³/mol. The van der Waals surface area contributed by atoms with Crippen LogP contribution in [0.3, 0.4) is 0 Å². The van der Waals surface area contributed by atoms with E-state index in [0.29, 0.717) is 25.9 Å². The van der Waals surface area contributed by atoms with Crippen LogP contribution in [0.4, 0.5) is 0 Å². The van der Waals surface area contributed by atoms with Crippen molar-refractivity contribution >= 4 is 5.97 Å². The van der Waals surface area contributed by atoms with Gasteiger partial charge in [0.2, 0.25) is 0 Å². The lowest BCUT2D eigenvalue weighted by molar-refractivity contribution is -0.361. The molecule has 6 heteroatoms. The summed E-state index contributed by atoms with van der Waals surface area (Å²) in [6.45, 7) is 9.05. The van der Waals surface area contributed by atoms with Crippen molar-refractivity contribution in [1.29, 1.82) is 0 Å². The van der Waals surface area contributed by atoms with E-state index in [4.69, 9.17) is 9.47 Å². The Morgan fingerprint density at radius 1 is 1.03 bits per heavy atom. The summed E-state index contributed by atoms with van der Waals surface area (Å²) in [5, 5.41) is 32.0. The Hall–Kier alpha value is -0.690. The molecule has 0 radical (unpaired) electrons. The molecule has 6 nitrogen and oxygen atoms in total. The molecule has 4 saturated carbocycles. The van der Waals surface area contributed by atoms with E-state index < -0.39 is 23.5 Å². The van der Waals surface area contributed by atoms with Crippen LogP contribution < -0.4 is 0 Å². The van der Waals surface area contributed by atoms with Crippen molar-refractivity contribution in [2.45, 2.75) is 96.2 Å². The number of aliphatic hydroxyl groups excluding tert-OH is 1. The summed E-state index contributed by atoms with van der Waals surface area (Å²) in [6.07, 6.45) is 4.73. The minimum atomic E-state index is -1.61. The van der Waals surface area contributed by atoms with Crippen LogP contribution in [0.15, 0.2) is 0 Å². The number of ether oxygens (including phenoxy) is 2. The zero-order valence-corrected chi connectivity index (χ0v) is 18.1. The number of hydrogen-bond donors (Lipinski definition) is 3. The Balaban J connectivity index is 1.55. The van der Waals surface area contributed by atoms with Gasteiger partial charge in [-0.2, -0.15) is 0 Å². The van der Waals surface area contributed by atoms with E-state index in [9.17, 15) is 20.1 Å². The van der Waals surface area contributed by atoms with E-state index in [1.54, 1.807) is 0 Å². The zero-order valence-electron chi connectivity index (χ0n) is 18.1. The highest BCUT2D eigenvalue weighted by atomic mass is 16.7. The third-order valence-corrected chi connectivity index (χ3v) is 10.2. The lowest BCUT2D eigenvalue weighted by Gasteiger charge is -2.69. The first-order chi connectivity index (χ1) is 13.4. The fraction of sp³-hybridized carbons (Fsp3) is 0.957. The highest BCUT2D eigenvalue weighted by Crippen LogP contribution is 2.75. The Labute approximate surface area is 173 Å². The highest BCUT2D eigenvalue weighted by molar-refractivity contribution is 5.78. The maximum atomic E-state index is 11.9. The lowest BCUT2D eigenvalue weighted by atomic mass is 9.38. The average molecular weight is 409 g/mol. The van der Waals surface area contributed by atoms with Gasteiger partial charge in [0.25, 0.3) is 0 Å². The quantitative estimate of drug-likeness (QED) is 0.617. The summed E-state index contributed by atoms with van der Waals surface area (Å²) in [5.74, 6) is -1.57. The van der Waals surface area contributed by atoms with E-state index in [0.717, 1.165) is 25.7 Å². The standard InChI is InChI=1S/C23H36O6/c1-19(2)28-12-20(3)16(29-19)5-6-21(4)17(20)15(24)10-13-9-14-11-22(13,21)7-8-23(14,27)18(25)26/h13-17,24,27H,5-12H2,1-4H3,(H,25,26)/t13-,14-,15-,16-,17+,20-,21+,22+,23-/m1/s1. The molecule has 2 bridgehead atoms. The molecular formula is C23H36O6. The molecule has 9 atom stereocenters. The monoisotopic (exact) mass is 408 g/mol. The van der Waals surface area contributed by atoms with Crippen molar-refractivity contribution < 1.29 is 29.6 Å². The van der Waals surface area contributed by atoms with Gasteiger partial charge in [-0.05, 0) is 81.5 Å². The normalized spacial score (nSPS) is 58.1. The molecule has 0 aromatic carbocycles. The molecule has 29 heavy (non-hydrogen) atoms. The molecular weight excluding hydrogens is 372 g/mol. The zero-order chi connectivity index (χ0) is 21.0. The summed E-state index contributed by atoms with van der Waals surface area (Å²) in [4.78, 5) is 11.9. The molecule has 1 heterocycles. The highest BCUT2D eigenvalue weighted by Gasteiger charge is 2.74. The number of rotatable bonds is 1. The smallest absolute Gasteiger partial charge is 0.335 e. The molecule has 1 aliphatic heterocycles. The van der Waals surface area contributed by atoms with Gasteiger partial charge in [0.15, 0.2) is 11.4 Å². The third-order valence-electron chi connectivity index (χ3n) is 10.2. The van der Waals surface area contributed by atoms with Gasteiger partial charge in [-0.1, -0.05) is 13.8 Å². The molecule has 4 aliphatic carbocycles. The minimum Gasteiger partial charge on any atom is -0.479 e. The Kier molecular flexibility index (Phi) is 4.01. The van der Waals surface area contributed by atoms with Gasteiger partial charge in [0.05, 0.1) is 18.8 Å². The maximum Gasteiger partial charge on any atom is 0.335 e. The molecule has 0 aromatic rings. The molecule has 1 spiro atoms. The van der Waals surface area contributed by atoms with Crippen LogP contribution in [0, 0.1) is 34.0 Å². The first-order valence-corrected chi connectivity index (χ1v) is 11.3. The van der Waals surface area contributed by atoms with Crippen LogP contribution in [-0.2, 0) is 14.3 Å². The number of carboxylic acid groups (broad SMARTS) is 1.